The van der Waals surface area contributed by atoms with Gasteiger partial charge in [0.15, 0.2) is 9.84 Å². The lowest BCUT2D eigenvalue weighted by atomic mass is 9.88. The number of hydrogen-bond acceptors (Lipinski definition) is 8. The topological polar surface area (TPSA) is 172 Å². The fourth-order valence-electron chi connectivity index (χ4n) is 6.08. The third-order valence-electron chi connectivity index (χ3n) is 8.47. The van der Waals surface area contributed by atoms with Crippen molar-refractivity contribution in [1.82, 2.24) is 30.1 Å². The number of carbonyl (C=O) groups is 1. The van der Waals surface area contributed by atoms with Crippen molar-refractivity contribution in [2.45, 2.75) is 37.5 Å². The molecule has 1 unspecified atom stereocenters. The van der Waals surface area contributed by atoms with E-state index in [-0.39, 0.29) is 17.4 Å². The van der Waals surface area contributed by atoms with Crippen molar-refractivity contribution in [3.8, 4) is 33.9 Å². The minimum Gasteiger partial charge on any atom is -0.353 e. The van der Waals surface area contributed by atoms with Crippen molar-refractivity contribution >= 4 is 43.4 Å². The van der Waals surface area contributed by atoms with Gasteiger partial charge in [-0.2, -0.15) is 5.10 Å². The number of pyridine rings is 3. The van der Waals surface area contributed by atoms with E-state index in [1.54, 1.807) is 30.7 Å². The van der Waals surface area contributed by atoms with Crippen LogP contribution in [0.4, 0.5) is 10.1 Å². The maximum absolute atomic E-state index is 14.7. The van der Waals surface area contributed by atoms with Gasteiger partial charge in [-0.25, -0.2) is 17.8 Å². The summed E-state index contributed by atoms with van der Waals surface area (Å²) in [6, 6.07) is 13.2. The SMILES string of the molecule is CS(=O)(=O)C(N)c1cc(F)cc(-c2nccc3[nH]c(-c4n[nH]c5ccc(-c6cncc(NC(=O)C7CCCCC7)c6)nc45)cc23)c1. The molecule has 1 aliphatic carbocycles. The van der Waals surface area contributed by atoms with Gasteiger partial charge < -0.3 is 16.0 Å². The number of benzene rings is 1. The van der Waals surface area contributed by atoms with Crippen LogP contribution in [0.1, 0.15) is 43.0 Å². The second kappa shape index (κ2) is 11.7. The Kier molecular flexibility index (Phi) is 7.57. The molecule has 1 aliphatic rings. The predicted molar refractivity (Wildman–Crippen MR) is 175 cm³/mol. The van der Waals surface area contributed by atoms with Crippen LogP contribution in [-0.2, 0) is 14.6 Å². The number of nitrogens with zero attached hydrogens (tertiary/aromatic N) is 4. The van der Waals surface area contributed by atoms with Gasteiger partial charge in [0.05, 0.1) is 34.5 Å². The summed E-state index contributed by atoms with van der Waals surface area (Å²) >= 11 is 0. The largest absolute Gasteiger partial charge is 0.353 e. The van der Waals surface area contributed by atoms with Crippen molar-refractivity contribution in [3.05, 3.63) is 78.5 Å². The number of hydrogen-bond donors (Lipinski definition) is 4. The van der Waals surface area contributed by atoms with Crippen LogP contribution in [0.25, 0.3) is 55.8 Å². The summed E-state index contributed by atoms with van der Waals surface area (Å²) in [4.78, 5) is 29.9. The predicted octanol–water partition coefficient (Wildman–Crippen LogP) is 5.89. The first-order valence-electron chi connectivity index (χ1n) is 15.0. The van der Waals surface area contributed by atoms with Gasteiger partial charge in [0.25, 0.3) is 0 Å². The van der Waals surface area contributed by atoms with Crippen LogP contribution in [-0.4, -0.2) is 50.7 Å². The van der Waals surface area contributed by atoms with Crippen LogP contribution in [0.5, 0.6) is 0 Å². The Morgan fingerprint density at radius 3 is 2.63 bits per heavy atom. The van der Waals surface area contributed by atoms with E-state index in [1.807, 2.05) is 24.3 Å². The third kappa shape index (κ3) is 5.74. The Morgan fingerprint density at radius 2 is 1.83 bits per heavy atom. The zero-order valence-electron chi connectivity index (χ0n) is 24.9. The number of carbonyl (C=O) groups excluding carboxylic acids is 1. The number of sulfone groups is 1. The normalized spacial score (nSPS) is 14.9. The van der Waals surface area contributed by atoms with E-state index in [0.717, 1.165) is 54.6 Å². The first-order valence-corrected chi connectivity index (χ1v) is 16.9. The van der Waals surface area contributed by atoms with E-state index >= 15 is 0 Å². The standard InChI is InChI=1S/C33H31FN8O3S/c1-46(44,45)32(35)20-11-19(12-22(34)13-20)29-24-15-28(39-26(24)9-10-37-29)31-30-27(41-42-31)8-7-25(40-30)21-14-23(17-36-16-21)38-33(43)18-5-3-2-4-6-18/h7-18,32,39H,2-6,35H2,1H3,(H,38,43)(H,41,42). The highest BCUT2D eigenvalue weighted by atomic mass is 32.2. The average Bonchev–Trinajstić information content (AvgIpc) is 3.68. The van der Waals surface area contributed by atoms with Crippen LogP contribution in [0.2, 0.25) is 0 Å². The van der Waals surface area contributed by atoms with Gasteiger partial charge in [-0.3, -0.25) is 19.9 Å². The molecule has 1 fully saturated rings. The summed E-state index contributed by atoms with van der Waals surface area (Å²) in [6.45, 7) is 0. The molecule has 13 heteroatoms. The molecule has 5 heterocycles. The molecular formula is C33H31FN8O3S. The van der Waals surface area contributed by atoms with Crippen LogP contribution >= 0.6 is 0 Å². The highest BCUT2D eigenvalue weighted by Gasteiger charge is 2.23. The quantitative estimate of drug-likeness (QED) is 0.168. The number of fused-ring (bicyclic) bond motifs is 2. The highest BCUT2D eigenvalue weighted by molar-refractivity contribution is 7.90. The molecule has 234 valence electrons. The number of anilines is 1. The average molecular weight is 639 g/mol. The molecule has 5 aromatic heterocycles. The van der Waals surface area contributed by atoms with Crippen LogP contribution in [0.3, 0.4) is 0 Å². The summed E-state index contributed by atoms with van der Waals surface area (Å²) in [5, 5.41) is 9.89. The van der Waals surface area contributed by atoms with E-state index in [9.17, 15) is 17.6 Å². The van der Waals surface area contributed by atoms with E-state index in [4.69, 9.17) is 10.7 Å². The molecule has 7 rings (SSSR count). The monoisotopic (exact) mass is 638 g/mol. The highest BCUT2D eigenvalue weighted by Crippen LogP contribution is 2.35. The van der Waals surface area contributed by atoms with Crippen molar-refractivity contribution in [1.29, 1.82) is 0 Å². The lowest BCUT2D eigenvalue weighted by Crippen LogP contribution is -2.24. The lowest BCUT2D eigenvalue weighted by Gasteiger charge is -2.20. The second-order valence-electron chi connectivity index (χ2n) is 11.8. The Balaban J connectivity index is 1.23. The first-order chi connectivity index (χ1) is 22.1. The molecule has 0 spiro atoms. The Hall–Kier alpha value is -5.01. The van der Waals surface area contributed by atoms with E-state index in [1.165, 1.54) is 12.5 Å². The number of nitrogens with one attached hydrogen (secondary N) is 3. The summed E-state index contributed by atoms with van der Waals surface area (Å²) in [5.74, 6) is -0.566. The summed E-state index contributed by atoms with van der Waals surface area (Å²) in [5.41, 5.74) is 12.2. The van der Waals surface area contributed by atoms with Crippen LogP contribution < -0.4 is 11.1 Å². The number of rotatable bonds is 7. The van der Waals surface area contributed by atoms with Gasteiger partial charge in [0, 0.05) is 46.6 Å². The second-order valence-corrected chi connectivity index (χ2v) is 13.9. The van der Waals surface area contributed by atoms with Gasteiger partial charge in [0.1, 0.15) is 22.4 Å². The van der Waals surface area contributed by atoms with E-state index in [0.29, 0.717) is 44.9 Å². The van der Waals surface area contributed by atoms with Gasteiger partial charge in [0.2, 0.25) is 5.91 Å². The number of halogens is 1. The molecular weight excluding hydrogens is 607 g/mol. The number of H-pyrrole nitrogens is 2. The molecule has 6 aromatic rings. The lowest BCUT2D eigenvalue weighted by molar-refractivity contribution is -0.120. The maximum Gasteiger partial charge on any atom is 0.227 e. The molecule has 5 N–H and O–H groups in total. The molecule has 0 bridgehead atoms. The van der Waals surface area contributed by atoms with Gasteiger partial charge in [-0.15, -0.1) is 0 Å². The van der Waals surface area contributed by atoms with E-state index in [2.05, 4.69) is 30.5 Å². The van der Waals surface area contributed by atoms with Gasteiger partial charge >= 0.3 is 0 Å². The minimum absolute atomic E-state index is 0.0274. The van der Waals surface area contributed by atoms with Gasteiger partial charge in [-0.05, 0) is 66.9 Å². The van der Waals surface area contributed by atoms with Crippen molar-refractivity contribution in [2.24, 2.45) is 11.7 Å². The molecule has 0 saturated heterocycles. The van der Waals surface area contributed by atoms with Crippen LogP contribution in [0, 0.1) is 11.7 Å². The fourth-order valence-corrected chi connectivity index (χ4v) is 6.71. The number of aromatic amines is 2. The molecule has 1 amide bonds. The third-order valence-corrected chi connectivity index (χ3v) is 9.67. The zero-order chi connectivity index (χ0) is 32.0. The van der Waals surface area contributed by atoms with Crippen molar-refractivity contribution < 1.29 is 17.6 Å². The fraction of sp³-hybridized carbons (Fsp3) is 0.242. The smallest absolute Gasteiger partial charge is 0.227 e. The number of nitrogens with two attached hydrogens (primary N) is 1. The van der Waals surface area contributed by atoms with Crippen molar-refractivity contribution in [3.63, 3.8) is 0 Å². The zero-order valence-corrected chi connectivity index (χ0v) is 25.7. The van der Waals surface area contributed by atoms with Crippen LogP contribution in [0.15, 0.2) is 67.1 Å². The molecule has 0 radical (unpaired) electrons. The Bertz CT molecular complexity index is 2220. The molecule has 0 aliphatic heterocycles. The molecule has 1 saturated carbocycles. The van der Waals surface area contributed by atoms with Crippen molar-refractivity contribution in [2.75, 3.05) is 11.6 Å². The maximum atomic E-state index is 14.7. The first kappa shape index (κ1) is 29.7. The Morgan fingerprint density at radius 1 is 1.00 bits per heavy atom. The Labute approximate surface area is 263 Å². The molecule has 46 heavy (non-hydrogen) atoms. The number of aromatic nitrogens is 6. The summed E-state index contributed by atoms with van der Waals surface area (Å²) < 4.78 is 38.8. The molecule has 11 nitrogen and oxygen atoms in total. The summed E-state index contributed by atoms with van der Waals surface area (Å²) in [7, 11) is -3.65. The number of amides is 1. The molecule has 1 atom stereocenters. The molecule has 1 aromatic carbocycles. The van der Waals surface area contributed by atoms with E-state index < -0.39 is 21.0 Å². The minimum atomic E-state index is -3.65. The summed E-state index contributed by atoms with van der Waals surface area (Å²) in [6.07, 6.45) is 11.1. The van der Waals surface area contributed by atoms with Gasteiger partial charge in [-0.1, -0.05) is 19.3 Å².